The summed E-state index contributed by atoms with van der Waals surface area (Å²) in [5.41, 5.74) is 29.9. The summed E-state index contributed by atoms with van der Waals surface area (Å²) in [6, 6.07) is 7.18. The second-order valence-electron chi connectivity index (χ2n) is 18.6. The molecule has 0 bridgehead atoms. The smallest absolute Gasteiger partial charge is 0.243 e. The lowest BCUT2D eigenvalue weighted by atomic mass is 10.0. The van der Waals surface area contributed by atoms with Crippen molar-refractivity contribution in [1.82, 2.24) is 47.5 Å². The van der Waals surface area contributed by atoms with Crippen molar-refractivity contribution in [3.8, 4) is 0 Å². The molecule has 7 amide bonds. The molecule has 3 aromatic rings. The van der Waals surface area contributed by atoms with Gasteiger partial charge < -0.3 is 75.8 Å². The second-order valence-corrected chi connectivity index (χ2v) is 20.1. The van der Waals surface area contributed by atoms with Gasteiger partial charge in [-0.05, 0) is 75.0 Å². The number of H-pyrrole nitrogens is 1. The number of carbonyl (C=O) groups is 7. The molecule has 1 fully saturated rings. The van der Waals surface area contributed by atoms with Crippen molar-refractivity contribution in [2.75, 3.05) is 31.6 Å². The van der Waals surface area contributed by atoms with E-state index in [1.165, 1.54) is 13.2 Å². The molecule has 0 aliphatic carbocycles. The normalized spacial score (nSPS) is 23.0. The number of aromatic amines is 1. The topological polar surface area (TPSA) is 444 Å². The van der Waals surface area contributed by atoms with E-state index < -0.39 is 107 Å². The number of hydrogen-bond acceptors (Lipinski definition) is 14. The Labute approximate surface area is 443 Å². The van der Waals surface area contributed by atoms with Crippen LogP contribution in [0, 0.1) is 0 Å². The number of primary amides is 1. The number of amides is 7. The summed E-state index contributed by atoms with van der Waals surface area (Å²) in [4.78, 5) is 108. The van der Waals surface area contributed by atoms with Crippen molar-refractivity contribution in [3.05, 3.63) is 71.9 Å². The fourth-order valence-electron chi connectivity index (χ4n) is 8.49. The van der Waals surface area contributed by atoms with Crippen LogP contribution in [0.15, 0.2) is 70.8 Å². The van der Waals surface area contributed by atoms with Gasteiger partial charge in [-0.25, -0.2) is 0 Å². The Morgan fingerprint density at radius 2 is 1.43 bits per heavy atom. The fourth-order valence-corrected chi connectivity index (χ4v) is 9.07. The Bertz CT molecular complexity index is 2490. The van der Waals surface area contributed by atoms with Crippen LogP contribution in [0.25, 0.3) is 10.9 Å². The molecule has 1 aromatic heterocycles. The van der Waals surface area contributed by atoms with Gasteiger partial charge in [0.15, 0.2) is 11.9 Å². The number of rotatable bonds is 20. The van der Waals surface area contributed by atoms with Crippen LogP contribution < -0.4 is 71.2 Å². The number of nitrogens with one attached hydrogen (secondary N) is 9. The van der Waals surface area contributed by atoms with Crippen LogP contribution in [0.4, 0.5) is 0 Å². The number of para-hydroxylation sites is 1. The summed E-state index contributed by atoms with van der Waals surface area (Å²) < 4.78 is 12.5. The van der Waals surface area contributed by atoms with Crippen molar-refractivity contribution in [2.24, 2.45) is 38.7 Å². The first kappa shape index (κ1) is 61.3. The minimum absolute atomic E-state index is 0.000771. The highest BCUT2D eigenvalue weighted by atomic mass is 32.2. The van der Waals surface area contributed by atoms with E-state index in [2.05, 4.69) is 57.5 Å². The lowest BCUT2D eigenvalue weighted by Gasteiger charge is -2.32. The molecule has 1 aliphatic rings. The zero-order valence-electron chi connectivity index (χ0n) is 42.9. The Morgan fingerprint density at radius 1 is 0.789 bits per heavy atom. The third-order valence-electron chi connectivity index (χ3n) is 12.4. The van der Waals surface area contributed by atoms with Crippen molar-refractivity contribution in [1.29, 1.82) is 0 Å². The number of hydrogen-bond donors (Lipinski definition) is 16. The van der Waals surface area contributed by atoms with Gasteiger partial charge >= 0.3 is 0 Å². The van der Waals surface area contributed by atoms with Crippen LogP contribution in [0.2, 0.25) is 0 Å². The molecular formula is C49H76N16O10S. The molecule has 0 spiro atoms. The Balaban J connectivity index is 1.78. The molecule has 1 saturated heterocycles. The van der Waals surface area contributed by atoms with E-state index in [-0.39, 0.29) is 102 Å². The van der Waals surface area contributed by atoms with Gasteiger partial charge in [-0.15, -0.1) is 0 Å². The first-order valence-electron chi connectivity index (χ1n) is 25.1. The molecule has 0 radical (unpaired) electrons. The molecule has 10 atom stereocenters. The molecule has 27 heteroatoms. The van der Waals surface area contributed by atoms with Crippen LogP contribution in [-0.2, 0) is 57.2 Å². The van der Waals surface area contributed by atoms with E-state index in [9.17, 15) is 48.0 Å². The average molecular weight is 1080 g/mol. The largest absolute Gasteiger partial charge is 0.376 e. The van der Waals surface area contributed by atoms with Gasteiger partial charge in [-0.3, -0.25) is 58.4 Å². The van der Waals surface area contributed by atoms with Crippen molar-refractivity contribution < 1.29 is 48.0 Å². The van der Waals surface area contributed by atoms with Gasteiger partial charge in [0.1, 0.15) is 30.6 Å². The number of benzene rings is 2. The molecule has 1 aliphatic heterocycles. The first-order valence-corrected chi connectivity index (χ1v) is 26.9. The van der Waals surface area contributed by atoms with E-state index in [0.29, 0.717) is 17.5 Å². The molecule has 2 aromatic carbocycles. The van der Waals surface area contributed by atoms with Gasteiger partial charge in [0.2, 0.25) is 41.4 Å². The monoisotopic (exact) mass is 1080 g/mol. The fraction of sp³-hybridized carbons (Fsp3) is 0.531. The van der Waals surface area contributed by atoms with E-state index in [4.69, 9.17) is 28.7 Å². The highest BCUT2D eigenvalue weighted by Gasteiger charge is 2.35. The summed E-state index contributed by atoms with van der Waals surface area (Å²) in [5.74, 6) is -5.46. The van der Waals surface area contributed by atoms with Gasteiger partial charge in [0.25, 0.3) is 0 Å². The van der Waals surface area contributed by atoms with Gasteiger partial charge in [-0.1, -0.05) is 48.5 Å². The van der Waals surface area contributed by atoms with Gasteiger partial charge in [-0.2, -0.15) is 0 Å². The standard InChI is InChI=1S/C49H76N16O10S/c1-28(66)59-34(16-9-22-56-48(51)52)42(69)62-36-18-19-40(67)55-21-8-15-33(41(50)68)60-47(74)39(26-30-27-58-32-14-7-6-13-31(30)32)65-43(70)35(17-10-23-57-49(53)54)61-46(73)38(25-29-11-4-3-5-12-29)64-45(72)37(63-44(36)71)20-24-76(2)75/h3-7,11-14,27,33-39,42,45,58,62,64,69,72H,8-10,15-26H2,1-2H3,(H2,50,68)(H,55,67)(H,59,66)(H,60,74)(H,61,73)(H,63,71)(H,65,70)(H4,51,52,56)(H4,53,54,57)/t33-,34-,35-,36-,37-,38+,39-,42?,45?,76?/m0/s1. The van der Waals surface area contributed by atoms with E-state index >= 15 is 0 Å². The molecule has 0 saturated carbocycles. The van der Waals surface area contributed by atoms with Gasteiger partial charge in [0.05, 0.1) is 24.2 Å². The predicted octanol–water partition coefficient (Wildman–Crippen LogP) is -4.00. The number of fused-ring (bicyclic) bond motifs is 1. The van der Waals surface area contributed by atoms with E-state index in [1.807, 2.05) is 24.3 Å². The van der Waals surface area contributed by atoms with Crippen molar-refractivity contribution in [3.63, 3.8) is 0 Å². The quantitative estimate of drug-likeness (QED) is 0.0222. The molecule has 4 rings (SSSR count). The van der Waals surface area contributed by atoms with Crippen molar-refractivity contribution in [2.45, 2.75) is 132 Å². The molecule has 26 nitrogen and oxygen atoms in total. The number of aliphatic hydroxyl groups is 2. The Morgan fingerprint density at radius 3 is 2.11 bits per heavy atom. The molecule has 418 valence electrons. The predicted molar refractivity (Wildman–Crippen MR) is 287 cm³/mol. The maximum absolute atomic E-state index is 14.7. The number of carbonyl (C=O) groups excluding carboxylic acids is 7. The van der Waals surface area contributed by atoms with Crippen LogP contribution in [0.1, 0.15) is 75.8 Å². The molecular weight excluding hydrogens is 1000 g/mol. The maximum Gasteiger partial charge on any atom is 0.243 e. The maximum atomic E-state index is 14.7. The van der Waals surface area contributed by atoms with Crippen LogP contribution in [0.3, 0.4) is 0 Å². The van der Waals surface area contributed by atoms with Crippen LogP contribution in [0.5, 0.6) is 0 Å². The lowest BCUT2D eigenvalue weighted by molar-refractivity contribution is -0.134. The van der Waals surface area contributed by atoms with E-state index in [0.717, 1.165) is 10.9 Å². The Hall–Kier alpha value is -7.20. The summed E-state index contributed by atoms with van der Waals surface area (Å²) in [7, 11) is -1.44. The number of aromatic nitrogens is 1. The highest BCUT2D eigenvalue weighted by Crippen LogP contribution is 2.20. The second kappa shape index (κ2) is 31.6. The first-order chi connectivity index (χ1) is 36.2. The summed E-state index contributed by atoms with van der Waals surface area (Å²) in [6.45, 7) is 1.47. The third-order valence-corrected chi connectivity index (χ3v) is 13.3. The SMILES string of the molecule is CC(=O)N[C@@H](CCCN=C(N)N)C(O)N[C@H]1CCC(=O)NCCC[C@@H](C(N)=O)NC(=O)[C@H](Cc2c[nH]c3ccccc23)NC(=O)[C@H](CCCN=C(N)N)NC(=O)[C@@H](Cc2ccccc2)NC(O)[C@H](CCS(C)=O)NC1=O. The minimum Gasteiger partial charge on any atom is -0.376 e. The number of nitrogens with zero attached hydrogens (tertiary/aromatic N) is 2. The van der Waals surface area contributed by atoms with E-state index in [1.54, 1.807) is 36.5 Å². The highest BCUT2D eigenvalue weighted by molar-refractivity contribution is 7.84. The number of aliphatic hydroxyl groups excluding tert-OH is 2. The molecule has 76 heavy (non-hydrogen) atoms. The molecule has 3 unspecified atom stereocenters. The Kier molecular flexibility index (Phi) is 25.5. The molecule has 21 N–H and O–H groups in total. The lowest BCUT2D eigenvalue weighted by Crippen LogP contribution is -2.62. The van der Waals surface area contributed by atoms with Crippen molar-refractivity contribution >= 4 is 75.0 Å². The summed E-state index contributed by atoms with van der Waals surface area (Å²) in [5, 5.41) is 46.4. The van der Waals surface area contributed by atoms with Gasteiger partial charge in [0, 0.05) is 79.3 Å². The third kappa shape index (κ3) is 21.6. The van der Waals surface area contributed by atoms with Crippen LogP contribution in [-0.4, -0.2) is 159 Å². The number of nitrogens with two attached hydrogens (primary N) is 5. The zero-order chi connectivity index (χ0) is 55.7. The summed E-state index contributed by atoms with van der Waals surface area (Å²) in [6.07, 6.45) is -0.286. The van der Waals surface area contributed by atoms with Crippen LogP contribution >= 0.6 is 0 Å². The number of aliphatic imine (C=N–C) groups is 2. The molecule has 2 heterocycles. The number of guanidine groups is 2. The summed E-state index contributed by atoms with van der Waals surface area (Å²) >= 11 is 0. The zero-order valence-corrected chi connectivity index (χ0v) is 43.7. The average Bonchev–Trinajstić information content (AvgIpc) is 3.78. The minimum atomic E-state index is -1.73.